The van der Waals surface area contributed by atoms with Crippen molar-refractivity contribution in [1.29, 1.82) is 0 Å². The Morgan fingerprint density at radius 1 is 0.747 bits per heavy atom. The van der Waals surface area contributed by atoms with Crippen molar-refractivity contribution in [3.05, 3.63) is 77.4 Å². The van der Waals surface area contributed by atoms with E-state index in [0.29, 0.717) is 31.4 Å². The molecule has 2 aromatic carbocycles. The molecule has 2 aromatic rings. The molecule has 11 atom stereocenters. The van der Waals surface area contributed by atoms with Gasteiger partial charge < -0.3 is 66.4 Å². The zero-order valence-electron chi connectivity index (χ0n) is 59.3. The number of ether oxygens (including phenoxy) is 4. The van der Waals surface area contributed by atoms with Gasteiger partial charge in [0.15, 0.2) is 5.78 Å². The van der Waals surface area contributed by atoms with E-state index in [9.17, 15) is 70.5 Å². The minimum atomic E-state index is -4.78. The number of carbonyl (C=O) groups is 12. The molecule has 0 spiro atoms. The predicted octanol–water partition coefficient (Wildman–Crippen LogP) is 3.46. The van der Waals surface area contributed by atoms with Crippen molar-refractivity contribution >= 4 is 86.9 Å². The lowest BCUT2D eigenvalue weighted by molar-refractivity contribution is -0.148. The number of amides is 12. The van der Waals surface area contributed by atoms with Crippen LogP contribution in [0.15, 0.2) is 60.7 Å². The summed E-state index contributed by atoms with van der Waals surface area (Å²) in [6, 6.07) is 4.74. The number of likely N-dealkylation sites (tertiary alicyclic amines) is 1. The molecule has 0 bridgehead atoms. The van der Waals surface area contributed by atoms with E-state index in [0.717, 1.165) is 22.0 Å². The van der Waals surface area contributed by atoms with Gasteiger partial charge in [-0.25, -0.2) is 9.59 Å². The summed E-state index contributed by atoms with van der Waals surface area (Å²) in [6.07, 6.45) is 1.08. The van der Waals surface area contributed by atoms with E-state index >= 15 is 0 Å². The van der Waals surface area contributed by atoms with E-state index in [1.165, 1.54) is 44.4 Å². The topological polar surface area (TPSA) is 407 Å². The van der Waals surface area contributed by atoms with E-state index in [1.54, 1.807) is 97.7 Å². The Balaban J connectivity index is 1.46. The fraction of sp³-hybridized carbons (Fsp3) is 0.618. The molecule has 30 nitrogen and oxygen atoms in total. The zero-order chi connectivity index (χ0) is 74.2. The smallest absolute Gasteiger partial charge is 0.410 e. The van der Waals surface area contributed by atoms with Crippen molar-refractivity contribution in [1.82, 2.24) is 46.2 Å². The number of primary amides is 1. The number of rotatable bonds is 40. The molecule has 12 amide bonds. The van der Waals surface area contributed by atoms with Gasteiger partial charge in [0.05, 0.1) is 62.4 Å². The van der Waals surface area contributed by atoms with Crippen LogP contribution in [0.2, 0.25) is 0 Å². The molecular weight excluding hydrogens is 1310 g/mol. The maximum atomic E-state index is 14.9. The van der Waals surface area contributed by atoms with Gasteiger partial charge in [-0.15, -0.1) is 0 Å². The number of ketones is 1. The summed E-state index contributed by atoms with van der Waals surface area (Å²) >= 11 is 0. The van der Waals surface area contributed by atoms with Crippen LogP contribution >= 0.6 is 0 Å². The number of urea groups is 1. The fourth-order valence-electron chi connectivity index (χ4n) is 12.1. The molecule has 9 N–H and O–H groups in total. The number of Topliss-reactive ketones (excluding diaryl/α,β-unsaturated/α-hetero) is 1. The largest absolute Gasteiger partial charge is 0.445 e. The standard InChI is InChI=1S/C68H103N11O19S/c1-15-42(8)59(51(95-13)36-55(83)78-31-20-24-50(78)61(96-14)43(9)62(85)71-44(10)60(84)45-21-17-16-18-22-45)76(11)66(89)57(40(4)5)75-65(88)58(41(6)7)77(12)68(91)98-37-46-25-26-48(35-47(46)38-99(92,93)94)72-63(86)49(23-19-30-70-67(69)90)73-64(87)56(39(2)3)74-52(80)29-33-97-34-32-79-53(81)27-28-54(79)82/h16-18,21-22,25-28,35,39-44,49-51,56-59,61H,15,19-20,23-24,29-34,36-38H2,1-14H3,(H,71,85)(H,72,86)(H,73,87)(H,74,80)(H,75,88)(H3,69,70,90)(H,92,93,94)/t42?,43?,44?,49-,50?,51?,56?,57-,58?,59?,61?/m0/s1. The number of hydrogen-bond acceptors (Lipinski definition) is 18. The third kappa shape index (κ3) is 24.8. The van der Waals surface area contributed by atoms with E-state index in [2.05, 4.69) is 31.9 Å². The zero-order valence-corrected chi connectivity index (χ0v) is 60.1. The maximum absolute atomic E-state index is 14.9. The van der Waals surface area contributed by atoms with Crippen LogP contribution in [-0.2, 0) is 84.6 Å². The van der Waals surface area contributed by atoms with Gasteiger partial charge >= 0.3 is 12.1 Å². The van der Waals surface area contributed by atoms with Gasteiger partial charge in [0.2, 0.25) is 41.4 Å². The molecule has 99 heavy (non-hydrogen) atoms. The average molecular weight is 1410 g/mol. The van der Waals surface area contributed by atoms with Crippen molar-refractivity contribution in [2.24, 2.45) is 35.3 Å². The highest BCUT2D eigenvalue weighted by molar-refractivity contribution is 7.85. The van der Waals surface area contributed by atoms with Gasteiger partial charge in [-0.2, -0.15) is 8.42 Å². The van der Waals surface area contributed by atoms with Crippen LogP contribution in [0.1, 0.15) is 136 Å². The number of methoxy groups -OCH3 is 2. The molecule has 0 aliphatic carbocycles. The number of nitrogens with two attached hydrogens (primary N) is 1. The fourth-order valence-corrected chi connectivity index (χ4v) is 12.8. The summed E-state index contributed by atoms with van der Waals surface area (Å²) in [5, 5.41) is 16.0. The lowest BCUT2D eigenvalue weighted by Gasteiger charge is -2.41. The van der Waals surface area contributed by atoms with Crippen LogP contribution in [0.4, 0.5) is 15.3 Å². The van der Waals surface area contributed by atoms with Gasteiger partial charge in [-0.05, 0) is 79.5 Å². The minimum Gasteiger partial charge on any atom is -0.445 e. The Morgan fingerprint density at radius 2 is 1.39 bits per heavy atom. The second kappa shape index (κ2) is 39.4. The van der Waals surface area contributed by atoms with E-state index in [-0.39, 0.29) is 86.4 Å². The van der Waals surface area contributed by atoms with Crippen molar-refractivity contribution < 1.29 is 89.5 Å². The van der Waals surface area contributed by atoms with Crippen LogP contribution in [0.5, 0.6) is 0 Å². The summed E-state index contributed by atoms with van der Waals surface area (Å²) < 4.78 is 58.0. The molecule has 1 fully saturated rings. The monoisotopic (exact) mass is 1410 g/mol. The highest BCUT2D eigenvalue weighted by atomic mass is 32.2. The van der Waals surface area contributed by atoms with Crippen LogP contribution in [0.25, 0.3) is 0 Å². The summed E-state index contributed by atoms with van der Waals surface area (Å²) in [6.45, 7) is 16.9. The minimum absolute atomic E-state index is 0.00356. The first kappa shape index (κ1) is 83.0. The average Bonchev–Trinajstić information content (AvgIpc) is 1.78. The van der Waals surface area contributed by atoms with Gasteiger partial charge in [0.25, 0.3) is 21.9 Å². The normalized spacial score (nSPS) is 16.9. The van der Waals surface area contributed by atoms with Crippen LogP contribution in [0.3, 0.4) is 0 Å². The van der Waals surface area contributed by atoms with Gasteiger partial charge in [-0.1, -0.05) is 105 Å². The second-order valence-corrected chi connectivity index (χ2v) is 27.6. The van der Waals surface area contributed by atoms with Crippen molar-refractivity contribution in [3.8, 4) is 0 Å². The van der Waals surface area contributed by atoms with E-state index in [4.69, 9.17) is 24.7 Å². The van der Waals surface area contributed by atoms with E-state index in [1.807, 2.05) is 13.8 Å². The van der Waals surface area contributed by atoms with Crippen molar-refractivity contribution in [2.75, 3.05) is 66.5 Å². The number of hydrogen-bond donors (Lipinski definition) is 8. The number of nitrogens with one attached hydrogen (secondary N) is 6. The Morgan fingerprint density at radius 3 is 1.97 bits per heavy atom. The van der Waals surface area contributed by atoms with Crippen LogP contribution in [0, 0.1) is 29.6 Å². The first-order valence-corrected chi connectivity index (χ1v) is 35.0. The van der Waals surface area contributed by atoms with Gasteiger partial charge in [-0.3, -0.25) is 62.3 Å². The first-order valence-electron chi connectivity index (χ1n) is 33.4. The summed E-state index contributed by atoms with van der Waals surface area (Å²) in [7, 11) is 1.04. The van der Waals surface area contributed by atoms with E-state index < -0.39 is 160 Å². The number of anilines is 1. The molecule has 9 unspecified atom stereocenters. The van der Waals surface area contributed by atoms with Crippen molar-refractivity contribution in [3.63, 3.8) is 0 Å². The molecule has 1 saturated heterocycles. The third-order valence-corrected chi connectivity index (χ3v) is 18.4. The molecule has 0 saturated carbocycles. The highest BCUT2D eigenvalue weighted by Crippen LogP contribution is 2.31. The Kier molecular flexibility index (Phi) is 33.1. The predicted molar refractivity (Wildman–Crippen MR) is 365 cm³/mol. The number of carbonyl (C=O) groups excluding carboxylic acids is 12. The molecule has 0 radical (unpaired) electrons. The Bertz CT molecular complexity index is 3280. The summed E-state index contributed by atoms with van der Waals surface area (Å²) in [5.74, 6) is -8.90. The van der Waals surface area contributed by atoms with Crippen LogP contribution in [-0.4, -0.2) is 219 Å². The lowest BCUT2D eigenvalue weighted by atomic mass is 9.89. The molecular formula is C68H103N11O19S. The molecule has 0 aromatic heterocycles. The van der Waals surface area contributed by atoms with Gasteiger partial charge in [0.1, 0.15) is 36.5 Å². The summed E-state index contributed by atoms with van der Waals surface area (Å²) in [4.78, 5) is 166. The summed E-state index contributed by atoms with van der Waals surface area (Å²) in [5.41, 5.74) is 5.61. The quantitative estimate of drug-likeness (QED) is 0.0205. The van der Waals surface area contributed by atoms with Crippen LogP contribution < -0.4 is 37.6 Å². The van der Waals surface area contributed by atoms with Crippen molar-refractivity contribution in [2.45, 2.75) is 181 Å². The Labute approximate surface area is 580 Å². The molecule has 31 heteroatoms. The molecule has 2 aliphatic rings. The Hall–Kier alpha value is -8.39. The number of imide groups is 1. The molecule has 4 rings (SSSR count). The maximum Gasteiger partial charge on any atom is 0.410 e. The van der Waals surface area contributed by atoms with Gasteiger partial charge in [0, 0.05) is 71.2 Å². The molecule has 2 aliphatic heterocycles. The first-order chi connectivity index (χ1) is 46.6. The SMILES string of the molecule is CCC(C)C(C(CC(=O)N1CCCC1C(OC)C(C)C(=O)NC(C)C(=O)c1ccccc1)OC)N(C)C(=O)[C@@H](NC(=O)C(C(C)C)N(C)C(=O)OCc1ccc(NC(=O)[C@H](CCCNC(N)=O)NC(=O)C(NC(=O)CCOCCN2C(=O)C=CC2=O)C(C)C)cc1CS(=O)(=O)O)C(C)C. The number of nitrogens with zero attached hydrogens (tertiary/aromatic N) is 4. The molecule has 2 heterocycles. The lowest BCUT2D eigenvalue weighted by Crippen LogP contribution is -2.60. The number of likely N-dealkylation sites (N-methyl/N-ethyl adjacent to an activating group) is 2. The third-order valence-electron chi connectivity index (χ3n) is 17.8. The highest BCUT2D eigenvalue weighted by Gasteiger charge is 2.44. The second-order valence-electron chi connectivity index (χ2n) is 26.1. The molecule has 550 valence electrons. The number of benzene rings is 2.